The zero-order valence-electron chi connectivity index (χ0n) is 16.4. The molecule has 0 spiro atoms. The van der Waals surface area contributed by atoms with Gasteiger partial charge < -0.3 is 14.9 Å². The van der Waals surface area contributed by atoms with Gasteiger partial charge in [0.1, 0.15) is 5.60 Å². The first-order valence-electron chi connectivity index (χ1n) is 9.53. The predicted octanol–water partition coefficient (Wildman–Crippen LogP) is 3.81. The molecule has 0 unspecified atom stereocenters. The van der Waals surface area contributed by atoms with Crippen LogP contribution in [0.1, 0.15) is 62.9 Å². The molecular formula is C20H27N3O5. The SMILES string of the molecule is CC(C)(C)OC(=O)Nc1cc2cn(C3CCC(CO)CC3)nc2cc1C(=O)O. The van der Waals surface area contributed by atoms with E-state index in [0.717, 1.165) is 31.1 Å². The van der Waals surface area contributed by atoms with Crippen LogP contribution in [0.2, 0.25) is 0 Å². The van der Waals surface area contributed by atoms with Crippen molar-refractivity contribution >= 4 is 28.7 Å². The van der Waals surface area contributed by atoms with Gasteiger partial charge in [-0.25, -0.2) is 9.59 Å². The number of carboxylic acid groups (broad SMARTS) is 1. The molecule has 1 heterocycles. The molecule has 0 bridgehead atoms. The summed E-state index contributed by atoms with van der Waals surface area (Å²) in [7, 11) is 0. The van der Waals surface area contributed by atoms with E-state index in [0.29, 0.717) is 11.4 Å². The van der Waals surface area contributed by atoms with E-state index >= 15 is 0 Å². The number of ether oxygens (including phenoxy) is 1. The summed E-state index contributed by atoms with van der Waals surface area (Å²) in [5.41, 5.74) is 0.0253. The normalized spacial score (nSPS) is 20.1. The van der Waals surface area contributed by atoms with Crippen LogP contribution in [0.15, 0.2) is 18.3 Å². The van der Waals surface area contributed by atoms with Crippen LogP contribution in [0.25, 0.3) is 10.9 Å². The van der Waals surface area contributed by atoms with Crippen molar-refractivity contribution in [3.8, 4) is 0 Å². The van der Waals surface area contributed by atoms with Crippen LogP contribution in [0.3, 0.4) is 0 Å². The Bertz CT molecular complexity index is 876. The summed E-state index contributed by atoms with van der Waals surface area (Å²) < 4.78 is 7.10. The van der Waals surface area contributed by atoms with Gasteiger partial charge in [0.05, 0.1) is 22.8 Å². The van der Waals surface area contributed by atoms with Gasteiger partial charge in [-0.2, -0.15) is 5.10 Å². The second-order valence-electron chi connectivity index (χ2n) is 8.35. The minimum Gasteiger partial charge on any atom is -0.478 e. The number of nitrogens with one attached hydrogen (secondary N) is 1. The highest BCUT2D eigenvalue weighted by Crippen LogP contribution is 2.33. The number of carboxylic acids is 1. The highest BCUT2D eigenvalue weighted by molar-refractivity contribution is 6.03. The molecule has 1 aliphatic carbocycles. The van der Waals surface area contributed by atoms with E-state index in [9.17, 15) is 19.8 Å². The number of fused-ring (bicyclic) bond motifs is 1. The molecule has 0 aliphatic heterocycles. The Morgan fingerprint density at radius 2 is 1.93 bits per heavy atom. The lowest BCUT2D eigenvalue weighted by atomic mass is 9.87. The van der Waals surface area contributed by atoms with Crippen molar-refractivity contribution in [2.45, 2.75) is 58.1 Å². The summed E-state index contributed by atoms with van der Waals surface area (Å²) in [6, 6.07) is 3.32. The molecule has 0 radical (unpaired) electrons. The van der Waals surface area contributed by atoms with Gasteiger partial charge in [-0.1, -0.05) is 0 Å². The largest absolute Gasteiger partial charge is 0.478 e. The number of carbonyl (C=O) groups excluding carboxylic acids is 1. The van der Waals surface area contributed by atoms with Gasteiger partial charge in [-0.15, -0.1) is 0 Å². The third-order valence-corrected chi connectivity index (χ3v) is 4.98. The van der Waals surface area contributed by atoms with Gasteiger partial charge in [0, 0.05) is 18.2 Å². The van der Waals surface area contributed by atoms with Crippen LogP contribution in [0.5, 0.6) is 0 Å². The molecule has 0 saturated heterocycles. The molecule has 8 heteroatoms. The van der Waals surface area contributed by atoms with Crippen LogP contribution < -0.4 is 5.32 Å². The lowest BCUT2D eigenvalue weighted by Crippen LogP contribution is -2.27. The van der Waals surface area contributed by atoms with E-state index in [1.807, 2.05) is 10.9 Å². The number of aromatic nitrogens is 2. The first-order chi connectivity index (χ1) is 13.2. The van der Waals surface area contributed by atoms with Crippen molar-refractivity contribution in [1.82, 2.24) is 9.78 Å². The average Bonchev–Trinajstić information content (AvgIpc) is 3.02. The number of anilines is 1. The maximum absolute atomic E-state index is 12.1. The van der Waals surface area contributed by atoms with Crippen LogP contribution >= 0.6 is 0 Å². The predicted molar refractivity (Wildman–Crippen MR) is 105 cm³/mol. The van der Waals surface area contributed by atoms with Crippen molar-refractivity contribution in [2.24, 2.45) is 5.92 Å². The summed E-state index contributed by atoms with van der Waals surface area (Å²) in [4.78, 5) is 23.7. The third kappa shape index (κ3) is 4.62. The monoisotopic (exact) mass is 389 g/mol. The summed E-state index contributed by atoms with van der Waals surface area (Å²) in [5.74, 6) is -0.796. The van der Waals surface area contributed by atoms with Crippen molar-refractivity contribution in [1.29, 1.82) is 0 Å². The second kappa shape index (κ2) is 7.79. The Morgan fingerprint density at radius 3 is 2.50 bits per heavy atom. The molecule has 1 aliphatic rings. The fourth-order valence-electron chi connectivity index (χ4n) is 3.56. The van der Waals surface area contributed by atoms with E-state index in [1.165, 1.54) is 6.07 Å². The van der Waals surface area contributed by atoms with Crippen LogP contribution in [0, 0.1) is 5.92 Å². The van der Waals surface area contributed by atoms with Gasteiger partial charge in [-0.3, -0.25) is 10.00 Å². The van der Waals surface area contributed by atoms with Crippen molar-refractivity contribution in [2.75, 3.05) is 11.9 Å². The minimum atomic E-state index is -1.15. The quantitative estimate of drug-likeness (QED) is 0.733. The summed E-state index contributed by atoms with van der Waals surface area (Å²) in [6.07, 6.45) is 4.92. The number of aliphatic hydroxyl groups excluding tert-OH is 1. The van der Waals surface area contributed by atoms with Crippen LogP contribution in [-0.4, -0.2) is 44.3 Å². The zero-order chi connectivity index (χ0) is 20.5. The average molecular weight is 389 g/mol. The Morgan fingerprint density at radius 1 is 1.25 bits per heavy atom. The number of nitrogens with zero attached hydrogens (tertiary/aromatic N) is 2. The standard InChI is InChI=1S/C20H27N3O5/c1-20(2,3)28-19(27)21-17-8-13-10-23(14-6-4-12(11-24)5-7-14)22-16(13)9-15(17)18(25)26/h8-10,12,14,24H,4-7,11H2,1-3H3,(H,21,27)(H,25,26). The fourth-order valence-corrected chi connectivity index (χ4v) is 3.56. The minimum absolute atomic E-state index is 0.0346. The third-order valence-electron chi connectivity index (χ3n) is 4.98. The maximum Gasteiger partial charge on any atom is 0.412 e. The number of aromatic carboxylic acids is 1. The van der Waals surface area contributed by atoms with Crippen LogP contribution in [-0.2, 0) is 4.74 Å². The topological polar surface area (TPSA) is 114 Å². The van der Waals surface area contributed by atoms with Gasteiger partial charge in [0.25, 0.3) is 0 Å². The molecule has 3 rings (SSSR count). The van der Waals surface area contributed by atoms with E-state index in [4.69, 9.17) is 4.74 Å². The molecule has 0 atom stereocenters. The van der Waals surface area contributed by atoms with Gasteiger partial charge in [0.15, 0.2) is 0 Å². The van der Waals surface area contributed by atoms with E-state index in [1.54, 1.807) is 26.8 Å². The number of hydrogen-bond acceptors (Lipinski definition) is 5. The molecule has 28 heavy (non-hydrogen) atoms. The first kappa shape index (κ1) is 20.1. The van der Waals surface area contributed by atoms with Crippen molar-refractivity contribution in [3.63, 3.8) is 0 Å². The Kier molecular flexibility index (Phi) is 5.60. The van der Waals surface area contributed by atoms with Gasteiger partial charge in [-0.05, 0) is 64.5 Å². The van der Waals surface area contributed by atoms with E-state index in [2.05, 4.69) is 10.4 Å². The molecule has 1 amide bonds. The molecule has 3 N–H and O–H groups in total. The highest BCUT2D eigenvalue weighted by Gasteiger charge is 2.24. The highest BCUT2D eigenvalue weighted by atomic mass is 16.6. The van der Waals surface area contributed by atoms with E-state index in [-0.39, 0.29) is 23.9 Å². The Balaban J connectivity index is 1.87. The lowest BCUT2D eigenvalue weighted by Gasteiger charge is -2.27. The van der Waals surface area contributed by atoms with Crippen LogP contribution in [0.4, 0.5) is 10.5 Å². The van der Waals surface area contributed by atoms with E-state index < -0.39 is 17.7 Å². The molecular weight excluding hydrogens is 362 g/mol. The molecule has 1 saturated carbocycles. The number of aliphatic hydroxyl groups is 1. The van der Waals surface area contributed by atoms with Crippen molar-refractivity contribution in [3.05, 3.63) is 23.9 Å². The van der Waals surface area contributed by atoms with Gasteiger partial charge >= 0.3 is 12.1 Å². The number of amides is 1. The number of rotatable bonds is 4. The van der Waals surface area contributed by atoms with Gasteiger partial charge in [0.2, 0.25) is 0 Å². The number of hydrogen-bond donors (Lipinski definition) is 3. The number of benzene rings is 1. The second-order valence-corrected chi connectivity index (χ2v) is 8.35. The molecule has 8 nitrogen and oxygen atoms in total. The molecule has 1 aromatic heterocycles. The maximum atomic E-state index is 12.1. The summed E-state index contributed by atoms with van der Waals surface area (Å²) >= 11 is 0. The zero-order valence-corrected chi connectivity index (χ0v) is 16.4. The summed E-state index contributed by atoms with van der Waals surface area (Å²) in [5, 5.41) is 26.7. The fraction of sp³-hybridized carbons (Fsp3) is 0.550. The number of carbonyl (C=O) groups is 2. The Labute approximate surface area is 163 Å². The first-order valence-corrected chi connectivity index (χ1v) is 9.53. The molecule has 152 valence electrons. The Hall–Kier alpha value is -2.61. The van der Waals surface area contributed by atoms with Crippen molar-refractivity contribution < 1.29 is 24.5 Å². The molecule has 1 aromatic carbocycles. The molecule has 2 aromatic rings. The molecule has 1 fully saturated rings. The summed E-state index contributed by atoms with van der Waals surface area (Å²) in [6.45, 7) is 5.44. The smallest absolute Gasteiger partial charge is 0.412 e. The lowest BCUT2D eigenvalue weighted by molar-refractivity contribution is 0.0636.